The van der Waals surface area contributed by atoms with Gasteiger partial charge in [-0.1, -0.05) is 30.3 Å². The van der Waals surface area contributed by atoms with E-state index >= 15 is 0 Å². The molecule has 0 unspecified atom stereocenters. The summed E-state index contributed by atoms with van der Waals surface area (Å²) in [5.41, 5.74) is -0.00914. The number of aryl methyl sites for hydroxylation is 1. The number of hydrogen-bond donors (Lipinski definition) is 1. The predicted octanol–water partition coefficient (Wildman–Crippen LogP) is 0.575. The molecule has 0 radical (unpaired) electrons. The zero-order chi connectivity index (χ0) is 20.5. The van der Waals surface area contributed by atoms with Crippen molar-refractivity contribution in [3.63, 3.8) is 0 Å². The molecule has 0 spiro atoms. The van der Waals surface area contributed by atoms with Gasteiger partial charge in [-0.05, 0) is 31.7 Å². The van der Waals surface area contributed by atoms with E-state index in [1.54, 1.807) is 6.92 Å². The van der Waals surface area contributed by atoms with Crippen LogP contribution in [0.5, 0.6) is 0 Å². The molecule has 2 aliphatic rings. The number of carbonyl (C=O) groups excluding carboxylic acids is 3. The zero-order valence-corrected chi connectivity index (χ0v) is 16.9. The van der Waals surface area contributed by atoms with E-state index in [2.05, 4.69) is 5.32 Å². The highest BCUT2D eigenvalue weighted by Crippen LogP contribution is 2.24. The molecule has 2 heterocycles. The van der Waals surface area contributed by atoms with E-state index in [0.29, 0.717) is 19.3 Å². The molecule has 9 heteroatoms. The fourth-order valence-corrected chi connectivity index (χ4v) is 5.40. The van der Waals surface area contributed by atoms with Crippen LogP contribution in [0, 0.1) is 0 Å². The molecule has 2 aliphatic heterocycles. The summed E-state index contributed by atoms with van der Waals surface area (Å²) in [5.74, 6) is -0.910. The Morgan fingerprint density at radius 2 is 1.96 bits per heavy atom. The van der Waals surface area contributed by atoms with Gasteiger partial charge in [-0.15, -0.1) is 0 Å². The quantitative estimate of drug-likeness (QED) is 0.695. The summed E-state index contributed by atoms with van der Waals surface area (Å²) in [6, 6.07) is 8.64. The fourth-order valence-electron chi connectivity index (χ4n) is 3.63. The van der Waals surface area contributed by atoms with Gasteiger partial charge < -0.3 is 10.2 Å². The first-order valence-corrected chi connectivity index (χ1v) is 11.1. The first-order chi connectivity index (χ1) is 13.1. The molecule has 0 bridgehead atoms. The van der Waals surface area contributed by atoms with E-state index in [1.165, 1.54) is 11.9 Å². The molecule has 3 rings (SSSR count). The standard InChI is InChI=1S/C19H25N3O5S/c1-19(10-8-14-6-4-3-5-7-14)17(24)22(18(25)20-19)12-16(23)21(2)15-9-11-28(26,27)13-15/h3-7,15H,8-13H2,1-2H3,(H,20,25)/t15-,19-/m1/s1. The SMILES string of the molecule is CN(C(=O)CN1C(=O)N[C@](C)(CCc2ccccc2)C1=O)[C@@H]1CCS(=O)(=O)C1. The first-order valence-electron chi connectivity index (χ1n) is 9.25. The van der Waals surface area contributed by atoms with Crippen LogP contribution in [0.4, 0.5) is 4.79 Å². The molecule has 2 atom stereocenters. The predicted molar refractivity (Wildman–Crippen MR) is 103 cm³/mol. The highest BCUT2D eigenvalue weighted by Gasteiger charge is 2.48. The maximum atomic E-state index is 12.8. The van der Waals surface area contributed by atoms with E-state index in [0.717, 1.165) is 10.5 Å². The van der Waals surface area contributed by atoms with Crippen molar-refractivity contribution in [3.8, 4) is 0 Å². The highest BCUT2D eigenvalue weighted by molar-refractivity contribution is 7.91. The van der Waals surface area contributed by atoms with Crippen LogP contribution in [-0.2, 0) is 25.8 Å². The summed E-state index contributed by atoms with van der Waals surface area (Å²) in [6.07, 6.45) is 1.41. The average molecular weight is 407 g/mol. The minimum Gasteiger partial charge on any atom is -0.340 e. The number of hydrogen-bond acceptors (Lipinski definition) is 5. The minimum atomic E-state index is -3.13. The number of imide groups is 1. The van der Waals surface area contributed by atoms with Crippen LogP contribution in [0.1, 0.15) is 25.3 Å². The summed E-state index contributed by atoms with van der Waals surface area (Å²) < 4.78 is 23.2. The number of urea groups is 1. The van der Waals surface area contributed by atoms with Crippen LogP contribution < -0.4 is 5.32 Å². The van der Waals surface area contributed by atoms with E-state index in [9.17, 15) is 22.8 Å². The molecule has 2 fully saturated rings. The lowest BCUT2D eigenvalue weighted by atomic mass is 9.93. The molecule has 0 saturated carbocycles. The molecule has 1 aromatic carbocycles. The Morgan fingerprint density at radius 3 is 2.57 bits per heavy atom. The van der Waals surface area contributed by atoms with Gasteiger partial charge in [-0.3, -0.25) is 14.5 Å². The maximum absolute atomic E-state index is 12.8. The number of carbonyl (C=O) groups is 3. The molecule has 152 valence electrons. The largest absolute Gasteiger partial charge is 0.340 e. The molecule has 8 nitrogen and oxygen atoms in total. The Morgan fingerprint density at radius 1 is 1.29 bits per heavy atom. The maximum Gasteiger partial charge on any atom is 0.325 e. The van der Waals surface area contributed by atoms with Gasteiger partial charge in [0.25, 0.3) is 5.91 Å². The molecule has 28 heavy (non-hydrogen) atoms. The van der Waals surface area contributed by atoms with E-state index in [1.807, 2.05) is 30.3 Å². The molecule has 0 aromatic heterocycles. The van der Waals surface area contributed by atoms with Crippen LogP contribution in [0.15, 0.2) is 30.3 Å². The lowest BCUT2D eigenvalue weighted by Gasteiger charge is -2.26. The Kier molecular flexibility index (Phi) is 5.47. The van der Waals surface area contributed by atoms with Crippen molar-refractivity contribution < 1.29 is 22.8 Å². The second-order valence-electron chi connectivity index (χ2n) is 7.70. The second kappa shape index (κ2) is 7.54. The summed E-state index contributed by atoms with van der Waals surface area (Å²) in [7, 11) is -1.61. The van der Waals surface area contributed by atoms with Gasteiger partial charge in [0, 0.05) is 13.1 Å². The molecular weight excluding hydrogens is 382 g/mol. The first kappa shape index (κ1) is 20.3. The third-order valence-electron chi connectivity index (χ3n) is 5.54. The van der Waals surface area contributed by atoms with Gasteiger partial charge in [-0.25, -0.2) is 13.2 Å². The Labute approximate surface area is 164 Å². The average Bonchev–Trinajstić information content (AvgIpc) is 3.12. The van der Waals surface area contributed by atoms with Crippen molar-refractivity contribution in [1.82, 2.24) is 15.1 Å². The van der Waals surface area contributed by atoms with E-state index in [-0.39, 0.29) is 11.5 Å². The lowest BCUT2D eigenvalue weighted by Crippen LogP contribution is -2.47. The van der Waals surface area contributed by atoms with Crippen molar-refractivity contribution >= 4 is 27.7 Å². The number of nitrogens with zero attached hydrogens (tertiary/aromatic N) is 2. The van der Waals surface area contributed by atoms with Crippen LogP contribution in [0.25, 0.3) is 0 Å². The van der Waals surface area contributed by atoms with Gasteiger partial charge in [0.1, 0.15) is 12.1 Å². The number of nitrogens with one attached hydrogen (secondary N) is 1. The molecule has 4 amide bonds. The van der Waals surface area contributed by atoms with Crippen molar-refractivity contribution in [1.29, 1.82) is 0 Å². The smallest absolute Gasteiger partial charge is 0.325 e. The second-order valence-corrected chi connectivity index (χ2v) is 9.93. The summed E-state index contributed by atoms with van der Waals surface area (Å²) in [4.78, 5) is 39.9. The highest BCUT2D eigenvalue weighted by atomic mass is 32.2. The molecule has 1 N–H and O–H groups in total. The van der Waals surface area contributed by atoms with Crippen molar-refractivity contribution in [2.24, 2.45) is 0 Å². The van der Waals surface area contributed by atoms with Crippen LogP contribution >= 0.6 is 0 Å². The van der Waals surface area contributed by atoms with E-state index in [4.69, 9.17) is 0 Å². The number of rotatable bonds is 6. The normalized spacial score (nSPS) is 26.4. The Hall–Kier alpha value is -2.42. The summed E-state index contributed by atoms with van der Waals surface area (Å²) in [5, 5.41) is 2.70. The molecule has 1 aromatic rings. The molecular formula is C19H25N3O5S. The van der Waals surface area contributed by atoms with Gasteiger partial charge in [-0.2, -0.15) is 0 Å². The Balaban J connectivity index is 1.62. The van der Waals surface area contributed by atoms with Gasteiger partial charge in [0.2, 0.25) is 5.91 Å². The third-order valence-corrected chi connectivity index (χ3v) is 7.29. The van der Waals surface area contributed by atoms with E-state index < -0.39 is 45.8 Å². The van der Waals surface area contributed by atoms with Gasteiger partial charge >= 0.3 is 6.03 Å². The van der Waals surface area contributed by atoms with Crippen LogP contribution in [0.3, 0.4) is 0 Å². The lowest BCUT2D eigenvalue weighted by molar-refractivity contribution is -0.139. The molecule has 0 aliphatic carbocycles. The topological polar surface area (TPSA) is 104 Å². The molecule has 2 saturated heterocycles. The monoisotopic (exact) mass is 407 g/mol. The number of benzene rings is 1. The summed E-state index contributed by atoms with van der Waals surface area (Å²) >= 11 is 0. The van der Waals surface area contributed by atoms with Crippen LogP contribution in [0.2, 0.25) is 0 Å². The number of likely N-dealkylation sites (N-methyl/N-ethyl adjacent to an activating group) is 1. The van der Waals surface area contributed by atoms with Gasteiger partial charge in [0.05, 0.1) is 11.5 Å². The van der Waals surface area contributed by atoms with Crippen molar-refractivity contribution in [2.45, 2.75) is 37.8 Å². The van der Waals surface area contributed by atoms with Gasteiger partial charge in [0.15, 0.2) is 9.84 Å². The fraction of sp³-hybridized carbons (Fsp3) is 0.526. The third kappa shape index (κ3) is 4.19. The number of sulfone groups is 1. The summed E-state index contributed by atoms with van der Waals surface area (Å²) in [6.45, 7) is 1.27. The Bertz CT molecular complexity index is 886. The van der Waals surface area contributed by atoms with Crippen LogP contribution in [-0.4, -0.2) is 72.7 Å². The minimum absolute atomic E-state index is 0.0516. The van der Waals surface area contributed by atoms with Crippen molar-refractivity contribution in [2.75, 3.05) is 25.1 Å². The zero-order valence-electron chi connectivity index (χ0n) is 16.1. The number of amides is 4. The van der Waals surface area contributed by atoms with Crippen molar-refractivity contribution in [3.05, 3.63) is 35.9 Å².